The van der Waals surface area contributed by atoms with Crippen LogP contribution in [0.3, 0.4) is 0 Å². The van der Waals surface area contributed by atoms with E-state index in [0.29, 0.717) is 0 Å². The number of para-hydroxylation sites is 1. The Morgan fingerprint density at radius 2 is 1.39 bits per heavy atom. The Morgan fingerprint density at radius 3 is 1.96 bits per heavy atom. The fourth-order valence-corrected chi connectivity index (χ4v) is 2.83. The van der Waals surface area contributed by atoms with Gasteiger partial charge in [-0.2, -0.15) is 0 Å². The predicted molar refractivity (Wildman–Crippen MR) is 125 cm³/mol. The summed E-state index contributed by atoms with van der Waals surface area (Å²) in [7, 11) is 0. The standard InChI is InChI=1S/C26H28N2/c1-5-12-22(13-6-2)27-23-18-20-26(21-19-23)28(24(14-7-3)15-8-4)25-16-10-9-11-17-25/h5-21,27H,1,3H2,2,4H3/b13-6-,15-8-,22-12+,24-14+. The van der Waals surface area contributed by atoms with Crippen LogP contribution in [0.15, 0.2) is 128 Å². The van der Waals surface area contributed by atoms with Crippen molar-refractivity contribution in [1.29, 1.82) is 0 Å². The van der Waals surface area contributed by atoms with Crippen molar-refractivity contribution in [2.75, 3.05) is 10.2 Å². The zero-order chi connectivity index (χ0) is 20.2. The number of benzene rings is 2. The average Bonchev–Trinajstić information content (AvgIpc) is 2.71. The molecule has 2 nitrogen and oxygen atoms in total. The molecule has 0 amide bonds. The van der Waals surface area contributed by atoms with Crippen LogP contribution in [-0.4, -0.2) is 0 Å². The Bertz CT molecular complexity index is 882. The molecule has 0 radical (unpaired) electrons. The van der Waals surface area contributed by atoms with Crippen molar-refractivity contribution in [3.05, 3.63) is 128 Å². The third-order valence-corrected chi connectivity index (χ3v) is 3.96. The van der Waals surface area contributed by atoms with E-state index in [9.17, 15) is 0 Å². The molecule has 0 fully saturated rings. The molecule has 0 aliphatic heterocycles. The summed E-state index contributed by atoms with van der Waals surface area (Å²) in [6.45, 7) is 11.6. The summed E-state index contributed by atoms with van der Waals surface area (Å²) in [4.78, 5) is 2.21. The van der Waals surface area contributed by atoms with E-state index in [2.05, 4.69) is 65.8 Å². The molecule has 2 heteroatoms. The lowest BCUT2D eigenvalue weighted by atomic mass is 10.1. The van der Waals surface area contributed by atoms with Gasteiger partial charge in [-0.25, -0.2) is 0 Å². The topological polar surface area (TPSA) is 15.3 Å². The molecule has 142 valence electrons. The zero-order valence-electron chi connectivity index (χ0n) is 16.7. The van der Waals surface area contributed by atoms with Crippen molar-refractivity contribution in [2.24, 2.45) is 0 Å². The van der Waals surface area contributed by atoms with E-state index in [1.54, 1.807) is 6.08 Å². The maximum absolute atomic E-state index is 3.87. The summed E-state index contributed by atoms with van der Waals surface area (Å²) in [6, 6.07) is 18.7. The molecule has 0 aromatic heterocycles. The van der Waals surface area contributed by atoms with Crippen LogP contribution in [0, 0.1) is 0 Å². The second-order valence-corrected chi connectivity index (χ2v) is 6.03. The van der Waals surface area contributed by atoms with Crippen molar-refractivity contribution in [1.82, 2.24) is 0 Å². The molecule has 0 bridgehead atoms. The molecule has 0 aliphatic carbocycles. The van der Waals surface area contributed by atoms with Crippen LogP contribution in [-0.2, 0) is 0 Å². The van der Waals surface area contributed by atoms with Gasteiger partial charge >= 0.3 is 0 Å². The molecular weight excluding hydrogens is 340 g/mol. The fourth-order valence-electron chi connectivity index (χ4n) is 2.83. The van der Waals surface area contributed by atoms with E-state index in [0.717, 1.165) is 28.5 Å². The Labute approximate surface area is 169 Å². The van der Waals surface area contributed by atoms with E-state index in [1.165, 1.54) is 0 Å². The second kappa shape index (κ2) is 11.2. The molecule has 0 aliphatic rings. The van der Waals surface area contributed by atoms with Crippen molar-refractivity contribution < 1.29 is 0 Å². The predicted octanol–water partition coefficient (Wildman–Crippen LogP) is 7.53. The molecule has 0 saturated heterocycles. The van der Waals surface area contributed by atoms with Crippen LogP contribution < -0.4 is 10.2 Å². The summed E-state index contributed by atoms with van der Waals surface area (Å²) < 4.78 is 0. The highest BCUT2D eigenvalue weighted by atomic mass is 15.1. The van der Waals surface area contributed by atoms with Gasteiger partial charge in [0.15, 0.2) is 0 Å². The molecule has 2 aromatic carbocycles. The first-order valence-corrected chi connectivity index (χ1v) is 9.36. The minimum absolute atomic E-state index is 0.992. The summed E-state index contributed by atoms with van der Waals surface area (Å²) in [5, 5.41) is 3.41. The monoisotopic (exact) mass is 368 g/mol. The van der Waals surface area contributed by atoms with Crippen molar-refractivity contribution in [3.63, 3.8) is 0 Å². The first kappa shape index (κ1) is 20.8. The molecule has 28 heavy (non-hydrogen) atoms. The molecule has 0 atom stereocenters. The molecule has 2 aromatic rings. The van der Waals surface area contributed by atoms with Crippen molar-refractivity contribution in [3.8, 4) is 0 Å². The number of allylic oxidation sites excluding steroid dienone is 8. The van der Waals surface area contributed by atoms with Crippen LogP contribution in [0.5, 0.6) is 0 Å². The van der Waals surface area contributed by atoms with E-state index in [4.69, 9.17) is 0 Å². The minimum Gasteiger partial charge on any atom is -0.356 e. The fraction of sp³-hybridized carbons (Fsp3) is 0.0769. The smallest absolute Gasteiger partial charge is 0.0463 e. The lowest BCUT2D eigenvalue weighted by Crippen LogP contribution is -2.15. The molecule has 2 rings (SSSR count). The molecule has 1 N–H and O–H groups in total. The summed E-state index contributed by atoms with van der Waals surface area (Å²) >= 11 is 0. The van der Waals surface area contributed by atoms with Gasteiger partial charge in [-0.15, -0.1) is 0 Å². The van der Waals surface area contributed by atoms with E-state index in [1.807, 2.05) is 68.5 Å². The summed E-state index contributed by atoms with van der Waals surface area (Å²) in [6.07, 6.45) is 15.7. The molecule has 0 heterocycles. The zero-order valence-corrected chi connectivity index (χ0v) is 16.7. The van der Waals surface area contributed by atoms with Gasteiger partial charge in [-0.05, 0) is 74.5 Å². The Hall–Kier alpha value is -3.52. The largest absolute Gasteiger partial charge is 0.356 e. The second-order valence-electron chi connectivity index (χ2n) is 6.03. The van der Waals surface area contributed by atoms with Crippen LogP contribution in [0.4, 0.5) is 17.1 Å². The SMILES string of the molecule is C=C/C=C(\C=C/C)Nc1ccc(N(C(/C=C\C)=C/C=C)c2ccccc2)cc1. The van der Waals surface area contributed by atoms with Crippen LogP contribution in [0.1, 0.15) is 13.8 Å². The van der Waals surface area contributed by atoms with E-state index in [-0.39, 0.29) is 0 Å². The summed E-state index contributed by atoms with van der Waals surface area (Å²) in [5.41, 5.74) is 5.22. The third kappa shape index (κ3) is 5.75. The van der Waals surface area contributed by atoms with Crippen LogP contribution >= 0.6 is 0 Å². The third-order valence-electron chi connectivity index (χ3n) is 3.96. The lowest BCUT2D eigenvalue weighted by Gasteiger charge is -2.26. The Morgan fingerprint density at radius 1 is 0.786 bits per heavy atom. The molecule has 0 saturated carbocycles. The van der Waals surface area contributed by atoms with Gasteiger partial charge < -0.3 is 10.2 Å². The molecule has 0 spiro atoms. The maximum Gasteiger partial charge on any atom is 0.0463 e. The maximum atomic E-state index is 3.87. The number of nitrogens with zero attached hydrogens (tertiary/aromatic N) is 1. The Balaban J connectivity index is 2.42. The number of hydrogen-bond donors (Lipinski definition) is 1. The number of hydrogen-bond acceptors (Lipinski definition) is 2. The van der Waals surface area contributed by atoms with Gasteiger partial charge in [0, 0.05) is 28.5 Å². The van der Waals surface area contributed by atoms with Crippen LogP contribution in [0.2, 0.25) is 0 Å². The first-order valence-electron chi connectivity index (χ1n) is 9.36. The van der Waals surface area contributed by atoms with E-state index < -0.39 is 0 Å². The highest BCUT2D eigenvalue weighted by molar-refractivity contribution is 5.72. The van der Waals surface area contributed by atoms with Gasteiger partial charge in [-0.1, -0.05) is 55.7 Å². The first-order chi connectivity index (χ1) is 13.7. The van der Waals surface area contributed by atoms with Gasteiger partial charge in [0.25, 0.3) is 0 Å². The lowest BCUT2D eigenvalue weighted by molar-refractivity contribution is 1.21. The molecular formula is C26H28N2. The van der Waals surface area contributed by atoms with Gasteiger partial charge in [0.05, 0.1) is 0 Å². The highest BCUT2D eigenvalue weighted by Gasteiger charge is 2.12. The van der Waals surface area contributed by atoms with Gasteiger partial charge in [0.2, 0.25) is 0 Å². The quantitative estimate of drug-likeness (QED) is 0.460. The number of nitrogens with one attached hydrogen (secondary N) is 1. The molecule has 0 unspecified atom stereocenters. The van der Waals surface area contributed by atoms with Gasteiger partial charge in [0.1, 0.15) is 0 Å². The van der Waals surface area contributed by atoms with Crippen molar-refractivity contribution in [2.45, 2.75) is 13.8 Å². The van der Waals surface area contributed by atoms with Gasteiger partial charge in [-0.3, -0.25) is 0 Å². The van der Waals surface area contributed by atoms with E-state index >= 15 is 0 Å². The normalized spacial score (nSPS) is 12.4. The Kier molecular flexibility index (Phi) is 8.35. The summed E-state index contributed by atoms with van der Waals surface area (Å²) in [5.74, 6) is 0. The van der Waals surface area contributed by atoms with Crippen LogP contribution in [0.25, 0.3) is 0 Å². The van der Waals surface area contributed by atoms with Crippen molar-refractivity contribution >= 4 is 17.1 Å². The average molecular weight is 369 g/mol. The highest BCUT2D eigenvalue weighted by Crippen LogP contribution is 2.31. The minimum atomic E-state index is 0.992. The number of anilines is 3. The number of rotatable bonds is 9.